The van der Waals surface area contributed by atoms with Gasteiger partial charge in [0.05, 0.1) is 7.11 Å². The van der Waals surface area contributed by atoms with E-state index < -0.39 is 0 Å². The van der Waals surface area contributed by atoms with Crippen molar-refractivity contribution in [2.24, 2.45) is 0 Å². The van der Waals surface area contributed by atoms with E-state index in [0.29, 0.717) is 17.8 Å². The fraction of sp³-hybridized carbons (Fsp3) is 0.467. The van der Waals surface area contributed by atoms with Crippen LogP contribution in [0.25, 0.3) is 0 Å². The highest BCUT2D eigenvalue weighted by Crippen LogP contribution is 2.10. The molecule has 0 unspecified atom stereocenters. The highest BCUT2D eigenvalue weighted by Gasteiger charge is 2.03. The molecule has 0 fully saturated rings. The molecule has 0 aliphatic heterocycles. The molecular weight excluding hydrogens is 290 g/mol. The van der Waals surface area contributed by atoms with E-state index in [0.717, 1.165) is 12.8 Å². The molecule has 5 nitrogen and oxygen atoms in total. The molecule has 2 amide bonds. The minimum absolute atomic E-state index is 0. The number of carbonyl (C=O) groups is 1. The van der Waals surface area contributed by atoms with E-state index in [1.54, 1.807) is 24.3 Å². The number of halogens is 1. The number of anilines is 1. The predicted octanol–water partition coefficient (Wildman–Crippen LogP) is 3.78. The largest absolute Gasteiger partial charge is 0.481 e. The maximum atomic E-state index is 11.6. The summed E-state index contributed by atoms with van der Waals surface area (Å²) in [7, 11) is 1.46. The quantitative estimate of drug-likeness (QED) is 0.407. The molecule has 3 N–H and O–H groups in total. The minimum atomic E-state index is -0.198. The lowest BCUT2D eigenvalue weighted by Crippen LogP contribution is -2.29. The number of hydrogen-bond donors (Lipinski definition) is 3. The molecule has 0 spiro atoms. The van der Waals surface area contributed by atoms with Gasteiger partial charge in [-0.25, -0.2) is 4.79 Å². The average Bonchev–Trinajstić information content (AvgIpc) is 2.47. The number of urea groups is 1. The number of ether oxygens (including phenoxy) is 1. The summed E-state index contributed by atoms with van der Waals surface area (Å²) in [5.74, 6) is 0.108. The molecule has 0 aliphatic rings. The van der Waals surface area contributed by atoms with Crippen molar-refractivity contribution in [3.63, 3.8) is 0 Å². The van der Waals surface area contributed by atoms with Crippen LogP contribution in [-0.2, 0) is 4.74 Å². The Morgan fingerprint density at radius 3 is 2.43 bits per heavy atom. The third kappa shape index (κ3) is 7.56. The van der Waals surface area contributed by atoms with Gasteiger partial charge in [0.25, 0.3) is 0 Å². The predicted molar refractivity (Wildman–Crippen MR) is 88.7 cm³/mol. The van der Waals surface area contributed by atoms with E-state index in [-0.39, 0.29) is 24.3 Å². The van der Waals surface area contributed by atoms with Crippen LogP contribution in [-0.4, -0.2) is 25.6 Å². The minimum Gasteiger partial charge on any atom is -0.481 e. The molecule has 1 aromatic rings. The lowest BCUT2D eigenvalue weighted by Gasteiger charge is -2.08. The monoisotopic (exact) mass is 313 g/mol. The Morgan fingerprint density at radius 2 is 1.86 bits per heavy atom. The van der Waals surface area contributed by atoms with Crippen LogP contribution in [0.15, 0.2) is 24.3 Å². The first-order valence-corrected chi connectivity index (χ1v) is 6.95. The molecular formula is C15H24ClN3O2. The lowest BCUT2D eigenvalue weighted by molar-refractivity contribution is 0.252. The third-order valence-electron chi connectivity index (χ3n) is 2.92. The highest BCUT2D eigenvalue weighted by atomic mass is 35.5. The molecule has 0 atom stereocenters. The molecule has 0 heterocycles. The second kappa shape index (κ2) is 11.0. The molecule has 1 aromatic carbocycles. The molecule has 0 saturated carbocycles. The maximum absolute atomic E-state index is 11.6. The van der Waals surface area contributed by atoms with Crippen LogP contribution in [0.3, 0.4) is 0 Å². The fourth-order valence-electron chi connectivity index (χ4n) is 1.75. The lowest BCUT2D eigenvalue weighted by atomic mass is 10.2. The van der Waals surface area contributed by atoms with Gasteiger partial charge in [0.2, 0.25) is 5.90 Å². The van der Waals surface area contributed by atoms with Crippen LogP contribution in [0.4, 0.5) is 10.5 Å². The third-order valence-corrected chi connectivity index (χ3v) is 2.92. The SMILES string of the molecule is CCCCCCNC(=O)Nc1ccc(C(=N)OC)cc1.Cl. The number of methoxy groups -OCH3 is 1. The number of amides is 2. The molecule has 0 bridgehead atoms. The summed E-state index contributed by atoms with van der Waals surface area (Å²) in [6, 6.07) is 6.78. The van der Waals surface area contributed by atoms with Gasteiger partial charge in [0.15, 0.2) is 0 Å². The van der Waals surface area contributed by atoms with Crippen molar-refractivity contribution in [2.45, 2.75) is 32.6 Å². The second-order valence-electron chi connectivity index (χ2n) is 4.55. The average molecular weight is 314 g/mol. The Balaban J connectivity index is 0.00000400. The molecule has 0 aromatic heterocycles. The van der Waals surface area contributed by atoms with Crippen LogP contribution >= 0.6 is 12.4 Å². The van der Waals surface area contributed by atoms with E-state index in [9.17, 15) is 4.79 Å². The first-order valence-electron chi connectivity index (χ1n) is 6.95. The summed E-state index contributed by atoms with van der Waals surface area (Å²) in [5.41, 5.74) is 1.38. The summed E-state index contributed by atoms with van der Waals surface area (Å²) in [6.45, 7) is 2.85. The van der Waals surface area contributed by atoms with Gasteiger partial charge >= 0.3 is 6.03 Å². The summed E-state index contributed by atoms with van der Waals surface area (Å²) in [5, 5.41) is 13.1. The van der Waals surface area contributed by atoms with Gasteiger partial charge in [0.1, 0.15) is 0 Å². The molecule has 0 radical (unpaired) electrons. The van der Waals surface area contributed by atoms with Crippen LogP contribution in [0, 0.1) is 5.41 Å². The van der Waals surface area contributed by atoms with Crippen LogP contribution in [0.5, 0.6) is 0 Å². The molecule has 118 valence electrons. The van der Waals surface area contributed by atoms with Gasteiger partial charge in [-0.15, -0.1) is 12.4 Å². The number of carbonyl (C=O) groups excluding carboxylic acids is 1. The van der Waals surface area contributed by atoms with Crippen molar-refractivity contribution in [1.29, 1.82) is 5.41 Å². The molecule has 1 rings (SSSR count). The summed E-state index contributed by atoms with van der Waals surface area (Å²) < 4.78 is 4.83. The Bertz CT molecular complexity index is 435. The van der Waals surface area contributed by atoms with E-state index in [4.69, 9.17) is 10.1 Å². The Morgan fingerprint density at radius 1 is 1.19 bits per heavy atom. The van der Waals surface area contributed by atoms with Crippen molar-refractivity contribution in [1.82, 2.24) is 5.32 Å². The first kappa shape index (κ1) is 19.2. The number of unbranched alkanes of at least 4 members (excludes halogenated alkanes) is 3. The first-order chi connectivity index (χ1) is 9.67. The van der Waals surface area contributed by atoms with Crippen LogP contribution in [0.1, 0.15) is 38.2 Å². The molecule has 21 heavy (non-hydrogen) atoms. The summed E-state index contributed by atoms with van der Waals surface area (Å²) in [6.07, 6.45) is 4.54. The number of rotatable bonds is 7. The fourth-order valence-corrected chi connectivity index (χ4v) is 1.75. The zero-order valence-corrected chi connectivity index (χ0v) is 13.4. The molecule has 0 aliphatic carbocycles. The van der Waals surface area contributed by atoms with Crippen molar-refractivity contribution < 1.29 is 9.53 Å². The molecule has 6 heteroatoms. The zero-order chi connectivity index (χ0) is 14.8. The molecule has 0 saturated heterocycles. The van der Waals surface area contributed by atoms with Gasteiger partial charge in [-0.2, -0.15) is 0 Å². The zero-order valence-electron chi connectivity index (χ0n) is 12.6. The van der Waals surface area contributed by atoms with Crippen molar-refractivity contribution in [2.75, 3.05) is 19.0 Å². The number of hydrogen-bond acceptors (Lipinski definition) is 3. The standard InChI is InChI=1S/C15H23N3O2.ClH/c1-3-4-5-6-11-17-15(19)18-13-9-7-12(8-10-13)14(16)20-2;/h7-10,16H,3-6,11H2,1-2H3,(H2,17,18,19);1H. The highest BCUT2D eigenvalue weighted by molar-refractivity contribution is 5.93. The van der Waals surface area contributed by atoms with E-state index >= 15 is 0 Å². The normalized spacial score (nSPS) is 9.43. The Kier molecular flexibility index (Phi) is 10.1. The van der Waals surface area contributed by atoms with E-state index in [1.165, 1.54) is 20.0 Å². The smallest absolute Gasteiger partial charge is 0.319 e. The van der Waals surface area contributed by atoms with Crippen molar-refractivity contribution in [3.8, 4) is 0 Å². The number of benzene rings is 1. The van der Waals surface area contributed by atoms with Crippen LogP contribution in [0.2, 0.25) is 0 Å². The van der Waals surface area contributed by atoms with Crippen LogP contribution < -0.4 is 10.6 Å². The number of nitrogens with one attached hydrogen (secondary N) is 3. The second-order valence-corrected chi connectivity index (χ2v) is 4.55. The van der Waals surface area contributed by atoms with Gasteiger partial charge in [-0.1, -0.05) is 26.2 Å². The van der Waals surface area contributed by atoms with Gasteiger partial charge in [-0.3, -0.25) is 5.41 Å². The summed E-state index contributed by atoms with van der Waals surface area (Å²) in [4.78, 5) is 11.6. The van der Waals surface area contributed by atoms with Gasteiger partial charge < -0.3 is 15.4 Å². The summed E-state index contributed by atoms with van der Waals surface area (Å²) >= 11 is 0. The maximum Gasteiger partial charge on any atom is 0.319 e. The van der Waals surface area contributed by atoms with E-state index in [1.807, 2.05) is 0 Å². The Hall–Kier alpha value is -1.75. The van der Waals surface area contributed by atoms with Crippen molar-refractivity contribution >= 4 is 30.0 Å². The van der Waals surface area contributed by atoms with Crippen molar-refractivity contribution in [3.05, 3.63) is 29.8 Å². The van der Waals surface area contributed by atoms with Gasteiger partial charge in [-0.05, 0) is 30.7 Å². The van der Waals surface area contributed by atoms with E-state index in [2.05, 4.69) is 17.6 Å². The van der Waals surface area contributed by atoms with Gasteiger partial charge in [0, 0.05) is 17.8 Å². The Labute approximate surface area is 132 Å². The topological polar surface area (TPSA) is 74.2 Å².